The van der Waals surface area contributed by atoms with E-state index in [9.17, 15) is 14.4 Å². The van der Waals surface area contributed by atoms with Crippen molar-refractivity contribution >= 4 is 11.8 Å². The Balaban J connectivity index is 1.81. The molecule has 8 nitrogen and oxygen atoms in total. The fraction of sp³-hybridized carbons (Fsp3) is 0.381. The van der Waals surface area contributed by atoms with E-state index in [1.54, 1.807) is 33.4 Å². The third kappa shape index (κ3) is 4.42. The molecular formula is C21H25N3O5. The van der Waals surface area contributed by atoms with E-state index in [4.69, 9.17) is 9.47 Å². The minimum absolute atomic E-state index is 0.0295. The number of methoxy groups -OCH3 is 2. The Morgan fingerprint density at radius 2 is 1.90 bits per heavy atom. The van der Waals surface area contributed by atoms with E-state index in [1.165, 1.54) is 9.47 Å². The zero-order chi connectivity index (χ0) is 21.0. The summed E-state index contributed by atoms with van der Waals surface area (Å²) in [5, 5.41) is 2.68. The molecule has 0 unspecified atom stereocenters. The topological polar surface area (TPSA) is 89.9 Å². The standard InChI is InChI=1S/C21H25N3O5/c1-14-6-9-23(10-7-15-4-5-16(28-2)17(12-15)29-3)20(26)19(14)21(27)24-11-8-22-18(25)13-24/h4-6,9,12H,7-8,10-11,13H2,1-3H3,(H,22,25). The van der Waals surface area contributed by atoms with Crippen LogP contribution in [0.5, 0.6) is 11.5 Å². The van der Waals surface area contributed by atoms with Crippen LogP contribution >= 0.6 is 0 Å². The third-order valence-corrected chi connectivity index (χ3v) is 5.00. The largest absolute Gasteiger partial charge is 0.493 e. The molecule has 1 N–H and O–H groups in total. The lowest BCUT2D eigenvalue weighted by Crippen LogP contribution is -2.51. The maximum Gasteiger partial charge on any atom is 0.263 e. The zero-order valence-corrected chi connectivity index (χ0v) is 16.9. The van der Waals surface area contributed by atoms with Gasteiger partial charge in [0.15, 0.2) is 11.5 Å². The number of rotatable bonds is 6. The van der Waals surface area contributed by atoms with Crippen molar-refractivity contribution in [1.29, 1.82) is 0 Å². The number of aromatic nitrogens is 1. The summed E-state index contributed by atoms with van der Waals surface area (Å²) < 4.78 is 12.1. The summed E-state index contributed by atoms with van der Waals surface area (Å²) >= 11 is 0. The van der Waals surface area contributed by atoms with Gasteiger partial charge in [0.1, 0.15) is 5.56 Å². The molecule has 0 atom stereocenters. The van der Waals surface area contributed by atoms with Crippen LogP contribution in [0, 0.1) is 6.92 Å². The maximum absolute atomic E-state index is 13.0. The van der Waals surface area contributed by atoms with E-state index < -0.39 is 5.91 Å². The predicted molar refractivity (Wildman–Crippen MR) is 108 cm³/mol. The van der Waals surface area contributed by atoms with Crippen molar-refractivity contribution in [3.05, 3.63) is 57.5 Å². The number of carbonyl (C=O) groups is 2. The number of piperazine rings is 1. The molecule has 0 radical (unpaired) electrons. The molecule has 3 rings (SSSR count). The molecule has 1 aromatic carbocycles. The van der Waals surface area contributed by atoms with Gasteiger partial charge in [-0.1, -0.05) is 6.07 Å². The van der Waals surface area contributed by atoms with Gasteiger partial charge in [0.05, 0.1) is 20.8 Å². The van der Waals surface area contributed by atoms with Gasteiger partial charge in [-0.2, -0.15) is 0 Å². The van der Waals surface area contributed by atoms with Crippen molar-refractivity contribution in [3.63, 3.8) is 0 Å². The lowest BCUT2D eigenvalue weighted by molar-refractivity contribution is -0.123. The Hall–Kier alpha value is -3.29. The summed E-state index contributed by atoms with van der Waals surface area (Å²) in [7, 11) is 3.15. The lowest BCUT2D eigenvalue weighted by atomic mass is 10.1. The van der Waals surface area contributed by atoms with Gasteiger partial charge in [0, 0.05) is 25.8 Å². The van der Waals surface area contributed by atoms with E-state index in [0.717, 1.165) is 5.56 Å². The molecule has 1 aliphatic rings. The predicted octanol–water partition coefficient (Wildman–Crippen LogP) is 0.989. The average molecular weight is 399 g/mol. The second kappa shape index (κ2) is 8.81. The summed E-state index contributed by atoms with van der Waals surface area (Å²) in [5.74, 6) is 0.650. The van der Waals surface area contributed by atoms with Crippen LogP contribution in [-0.4, -0.2) is 55.1 Å². The molecule has 2 aromatic rings. The molecule has 2 heterocycles. The highest BCUT2D eigenvalue weighted by Gasteiger charge is 2.26. The first-order chi connectivity index (χ1) is 13.9. The fourth-order valence-electron chi connectivity index (χ4n) is 3.36. The molecule has 1 fully saturated rings. The molecule has 0 bridgehead atoms. The van der Waals surface area contributed by atoms with Crippen molar-refractivity contribution in [2.45, 2.75) is 19.9 Å². The SMILES string of the molecule is COc1ccc(CCn2ccc(C)c(C(=O)N3CCNC(=O)C3)c2=O)cc1OC. The maximum atomic E-state index is 13.0. The summed E-state index contributed by atoms with van der Waals surface area (Å²) in [5.41, 5.74) is 1.36. The highest BCUT2D eigenvalue weighted by atomic mass is 16.5. The number of pyridine rings is 1. The molecule has 2 amide bonds. The van der Waals surface area contributed by atoms with Crippen molar-refractivity contribution in [2.75, 3.05) is 33.9 Å². The van der Waals surface area contributed by atoms with Gasteiger partial charge in [-0.05, 0) is 42.7 Å². The van der Waals surface area contributed by atoms with E-state index in [2.05, 4.69) is 5.32 Å². The molecule has 0 saturated carbocycles. The van der Waals surface area contributed by atoms with Crippen molar-refractivity contribution in [3.8, 4) is 11.5 Å². The summed E-state index contributed by atoms with van der Waals surface area (Å²) in [6.45, 7) is 2.90. The van der Waals surface area contributed by atoms with Gasteiger partial charge in [-0.25, -0.2) is 0 Å². The highest BCUT2D eigenvalue weighted by Crippen LogP contribution is 2.27. The monoisotopic (exact) mass is 399 g/mol. The van der Waals surface area contributed by atoms with Crippen molar-refractivity contribution < 1.29 is 19.1 Å². The van der Waals surface area contributed by atoms with Gasteiger partial charge in [0.2, 0.25) is 5.91 Å². The first-order valence-electron chi connectivity index (χ1n) is 9.41. The number of hydrogen-bond donors (Lipinski definition) is 1. The molecular weight excluding hydrogens is 374 g/mol. The molecule has 0 aliphatic carbocycles. The van der Waals surface area contributed by atoms with Crippen molar-refractivity contribution in [1.82, 2.24) is 14.8 Å². The van der Waals surface area contributed by atoms with E-state index >= 15 is 0 Å². The van der Waals surface area contributed by atoms with Crippen LogP contribution < -0.4 is 20.3 Å². The van der Waals surface area contributed by atoms with Crippen LogP contribution in [0.2, 0.25) is 0 Å². The third-order valence-electron chi connectivity index (χ3n) is 5.00. The van der Waals surface area contributed by atoms with Gasteiger partial charge in [-0.15, -0.1) is 0 Å². The van der Waals surface area contributed by atoms with Gasteiger partial charge < -0.3 is 24.3 Å². The Morgan fingerprint density at radius 1 is 1.14 bits per heavy atom. The number of carbonyl (C=O) groups excluding carboxylic acids is 2. The molecule has 0 spiro atoms. The Morgan fingerprint density at radius 3 is 2.59 bits per heavy atom. The van der Waals surface area contributed by atoms with E-state index in [0.29, 0.717) is 43.1 Å². The Bertz CT molecular complexity index is 983. The van der Waals surface area contributed by atoms with Crippen LogP contribution in [0.15, 0.2) is 35.3 Å². The Kier molecular flexibility index (Phi) is 6.21. The van der Waals surface area contributed by atoms with Crippen LogP contribution in [0.3, 0.4) is 0 Å². The highest BCUT2D eigenvalue weighted by molar-refractivity contribution is 5.97. The molecule has 1 saturated heterocycles. The Labute approximate surface area is 169 Å². The second-order valence-corrected chi connectivity index (χ2v) is 6.89. The van der Waals surface area contributed by atoms with Crippen LogP contribution in [-0.2, 0) is 17.8 Å². The number of aryl methyl sites for hydroxylation is 3. The van der Waals surface area contributed by atoms with Crippen LogP contribution in [0.25, 0.3) is 0 Å². The normalized spacial score (nSPS) is 13.8. The van der Waals surface area contributed by atoms with Gasteiger partial charge in [0.25, 0.3) is 11.5 Å². The summed E-state index contributed by atoms with van der Waals surface area (Å²) in [6, 6.07) is 7.37. The number of ether oxygens (including phenoxy) is 2. The molecule has 1 aromatic heterocycles. The van der Waals surface area contributed by atoms with Crippen LogP contribution in [0.4, 0.5) is 0 Å². The quantitative estimate of drug-likeness (QED) is 0.782. The summed E-state index contributed by atoms with van der Waals surface area (Å²) in [4.78, 5) is 38.9. The van der Waals surface area contributed by atoms with E-state index in [1.807, 2.05) is 18.2 Å². The first kappa shape index (κ1) is 20.4. The average Bonchev–Trinajstić information content (AvgIpc) is 2.72. The number of benzene rings is 1. The molecule has 154 valence electrons. The smallest absolute Gasteiger partial charge is 0.263 e. The molecule has 1 aliphatic heterocycles. The van der Waals surface area contributed by atoms with E-state index in [-0.39, 0.29) is 23.6 Å². The minimum atomic E-state index is -0.400. The lowest BCUT2D eigenvalue weighted by Gasteiger charge is -2.27. The number of hydrogen-bond acceptors (Lipinski definition) is 5. The number of amides is 2. The van der Waals surface area contributed by atoms with Crippen molar-refractivity contribution in [2.24, 2.45) is 0 Å². The zero-order valence-electron chi connectivity index (χ0n) is 16.9. The first-order valence-corrected chi connectivity index (χ1v) is 9.41. The van der Waals surface area contributed by atoms with Gasteiger partial charge in [-0.3, -0.25) is 14.4 Å². The second-order valence-electron chi connectivity index (χ2n) is 6.89. The molecule has 29 heavy (non-hydrogen) atoms. The number of nitrogens with one attached hydrogen (secondary N) is 1. The molecule has 8 heteroatoms. The minimum Gasteiger partial charge on any atom is -0.493 e. The van der Waals surface area contributed by atoms with Gasteiger partial charge >= 0.3 is 0 Å². The summed E-state index contributed by atoms with van der Waals surface area (Å²) in [6.07, 6.45) is 2.28. The van der Waals surface area contributed by atoms with Crippen LogP contribution in [0.1, 0.15) is 21.5 Å². The fourth-order valence-corrected chi connectivity index (χ4v) is 3.36. The number of nitrogens with zero attached hydrogens (tertiary/aromatic N) is 2.